The van der Waals surface area contributed by atoms with Crippen molar-refractivity contribution < 1.29 is 24.6 Å². The van der Waals surface area contributed by atoms with Crippen LogP contribution in [0.4, 0.5) is 0 Å². The van der Waals surface area contributed by atoms with E-state index in [1.165, 1.54) is 16.7 Å². The molecule has 0 spiro atoms. The van der Waals surface area contributed by atoms with Crippen molar-refractivity contribution in [2.24, 2.45) is 0 Å². The van der Waals surface area contributed by atoms with Crippen molar-refractivity contribution in [2.75, 3.05) is 0 Å². The Morgan fingerprint density at radius 2 is 1.30 bits per heavy atom. The van der Waals surface area contributed by atoms with Crippen molar-refractivity contribution >= 4 is 22.1 Å². The summed E-state index contributed by atoms with van der Waals surface area (Å²) in [6, 6.07) is 21.6. The van der Waals surface area contributed by atoms with Gasteiger partial charge >= 0.3 is 0 Å². The second-order valence-corrected chi connectivity index (χ2v) is 5.93. The minimum Gasteiger partial charge on any atom is -0.507 e. The van der Waals surface area contributed by atoms with E-state index in [9.17, 15) is 5.11 Å². The third kappa shape index (κ3) is 2.90. The van der Waals surface area contributed by atoms with Crippen LogP contribution in [0.5, 0.6) is 5.75 Å². The van der Waals surface area contributed by atoms with Gasteiger partial charge in [-0.05, 0) is 22.9 Å². The molecule has 0 bridgehead atoms. The molecule has 0 radical (unpaired) electrons. The Kier molecular flexibility index (Phi) is 4.51. The molecule has 108 valence electrons. The van der Waals surface area contributed by atoms with E-state index in [0.717, 1.165) is 21.0 Å². The van der Waals surface area contributed by atoms with Crippen molar-refractivity contribution in [1.29, 1.82) is 0 Å². The molecule has 1 heterocycles. The summed E-state index contributed by atoms with van der Waals surface area (Å²) in [5.74, 6) is 0.225. The maximum Gasteiger partial charge on any atom is 0.151 e. The van der Waals surface area contributed by atoms with Gasteiger partial charge < -0.3 is 5.11 Å². The van der Waals surface area contributed by atoms with Crippen molar-refractivity contribution in [3.8, 4) is 26.9 Å². The summed E-state index contributed by atoms with van der Waals surface area (Å²) in [5.41, 5.74) is 1.78. The van der Waals surface area contributed by atoms with E-state index in [4.69, 9.17) is 0 Å². The molecule has 4 aromatic rings. The monoisotopic (exact) mass is 368 g/mol. The molecule has 4 rings (SSSR count). The molecule has 0 aliphatic heterocycles. The van der Waals surface area contributed by atoms with Gasteiger partial charge in [0.25, 0.3) is 0 Å². The molecule has 0 fully saturated rings. The van der Waals surface area contributed by atoms with Gasteiger partial charge in [0.05, 0.1) is 5.56 Å². The molecule has 0 saturated carbocycles. The Hall–Kier alpha value is -2.10. The summed E-state index contributed by atoms with van der Waals surface area (Å²) in [7, 11) is 0. The summed E-state index contributed by atoms with van der Waals surface area (Å²) in [4.78, 5) is 0. The van der Waals surface area contributed by atoms with Crippen LogP contribution in [-0.4, -0.2) is 15.3 Å². The van der Waals surface area contributed by atoms with E-state index in [1.807, 2.05) is 30.3 Å². The van der Waals surface area contributed by atoms with Gasteiger partial charge in [0.1, 0.15) is 10.8 Å². The fourth-order valence-electron chi connectivity index (χ4n) is 2.51. The summed E-state index contributed by atoms with van der Waals surface area (Å²) in [5, 5.41) is 22.4. The van der Waals surface area contributed by atoms with Gasteiger partial charge in [-0.25, -0.2) is 0 Å². The molecule has 3 nitrogen and oxygen atoms in total. The number of benzene rings is 3. The number of para-hydroxylation sites is 1. The number of aromatic hydroxyl groups is 1. The molecular formula is C18H12N2OSZn. The molecule has 23 heavy (non-hydrogen) atoms. The Morgan fingerprint density at radius 3 is 2.13 bits per heavy atom. The molecule has 3 aromatic carbocycles. The van der Waals surface area contributed by atoms with E-state index in [-0.39, 0.29) is 25.2 Å². The summed E-state index contributed by atoms with van der Waals surface area (Å²) in [6.07, 6.45) is 0. The maximum absolute atomic E-state index is 9.95. The fraction of sp³-hybridized carbons (Fsp3) is 0. The van der Waals surface area contributed by atoms with Crippen LogP contribution in [-0.2, 0) is 19.5 Å². The largest absolute Gasteiger partial charge is 0.507 e. The first-order chi connectivity index (χ1) is 10.8. The molecular weight excluding hydrogens is 358 g/mol. The summed E-state index contributed by atoms with van der Waals surface area (Å²) < 4.78 is 0. The number of hydrogen-bond donors (Lipinski definition) is 1. The Labute approximate surface area is 150 Å². The number of rotatable bonds is 2. The third-order valence-electron chi connectivity index (χ3n) is 3.58. The second-order valence-electron chi connectivity index (χ2n) is 4.96. The SMILES string of the molecule is Oc1ccccc1-c1nnc(-c2cccc3ccccc23)s1.[Zn]. The number of fused-ring (bicyclic) bond motifs is 1. The average Bonchev–Trinajstić information content (AvgIpc) is 3.04. The van der Waals surface area contributed by atoms with Gasteiger partial charge in [0.15, 0.2) is 5.01 Å². The number of nitrogens with zero attached hydrogens (tertiary/aromatic N) is 2. The fourth-order valence-corrected chi connectivity index (χ4v) is 3.42. The van der Waals surface area contributed by atoms with Crippen LogP contribution in [0.15, 0.2) is 66.7 Å². The van der Waals surface area contributed by atoms with Crippen molar-refractivity contribution in [1.82, 2.24) is 10.2 Å². The topological polar surface area (TPSA) is 46.0 Å². The Morgan fingerprint density at radius 1 is 0.696 bits per heavy atom. The Bertz CT molecular complexity index is 963. The van der Waals surface area contributed by atoms with Crippen LogP contribution in [0.1, 0.15) is 0 Å². The normalized spacial score (nSPS) is 10.4. The molecule has 0 unspecified atom stereocenters. The van der Waals surface area contributed by atoms with Gasteiger partial charge in [-0.15, -0.1) is 10.2 Å². The van der Waals surface area contributed by atoms with E-state index < -0.39 is 0 Å². The summed E-state index contributed by atoms with van der Waals surface area (Å²) in [6.45, 7) is 0. The van der Waals surface area contributed by atoms with Crippen LogP contribution in [0.2, 0.25) is 0 Å². The molecule has 0 amide bonds. The van der Waals surface area contributed by atoms with Gasteiger partial charge in [0, 0.05) is 25.0 Å². The molecule has 0 saturated heterocycles. The number of hydrogen-bond acceptors (Lipinski definition) is 4. The first-order valence-electron chi connectivity index (χ1n) is 6.93. The predicted molar refractivity (Wildman–Crippen MR) is 90.0 cm³/mol. The maximum atomic E-state index is 9.95. The second kappa shape index (κ2) is 6.57. The van der Waals surface area contributed by atoms with E-state index >= 15 is 0 Å². The Balaban J connectivity index is 0.00000156. The molecule has 0 aliphatic carbocycles. The molecule has 0 atom stereocenters. The van der Waals surface area contributed by atoms with Crippen molar-refractivity contribution in [3.63, 3.8) is 0 Å². The number of phenolic OH excluding ortho intramolecular Hbond substituents is 1. The smallest absolute Gasteiger partial charge is 0.151 e. The van der Waals surface area contributed by atoms with E-state index in [1.54, 1.807) is 12.1 Å². The van der Waals surface area contributed by atoms with Crippen molar-refractivity contribution in [2.45, 2.75) is 0 Å². The van der Waals surface area contributed by atoms with Crippen LogP contribution in [0, 0.1) is 0 Å². The van der Waals surface area contributed by atoms with E-state index in [0.29, 0.717) is 5.56 Å². The van der Waals surface area contributed by atoms with E-state index in [2.05, 4.69) is 34.5 Å². The number of phenols is 1. The quantitative estimate of drug-likeness (QED) is 0.520. The van der Waals surface area contributed by atoms with Crippen LogP contribution < -0.4 is 0 Å². The van der Waals surface area contributed by atoms with Crippen LogP contribution in [0.25, 0.3) is 31.9 Å². The molecule has 5 heteroatoms. The first-order valence-corrected chi connectivity index (χ1v) is 7.74. The minimum atomic E-state index is 0. The van der Waals surface area contributed by atoms with Gasteiger partial charge in [-0.1, -0.05) is 65.9 Å². The summed E-state index contributed by atoms with van der Waals surface area (Å²) >= 11 is 1.49. The number of aromatic nitrogens is 2. The third-order valence-corrected chi connectivity index (χ3v) is 4.57. The van der Waals surface area contributed by atoms with Crippen LogP contribution in [0.3, 0.4) is 0 Å². The molecule has 1 N–H and O–H groups in total. The van der Waals surface area contributed by atoms with Gasteiger partial charge in [-0.2, -0.15) is 0 Å². The van der Waals surface area contributed by atoms with Crippen molar-refractivity contribution in [3.05, 3.63) is 66.7 Å². The standard InChI is InChI=1S/C18H12N2OS.Zn/c21-16-11-4-3-9-15(16)18-20-19-17(22-18)14-10-5-7-12-6-1-2-8-13(12)14;/h1-11,21H;. The van der Waals surface area contributed by atoms with Gasteiger partial charge in [-0.3, -0.25) is 0 Å². The zero-order valence-electron chi connectivity index (χ0n) is 12.3. The average molecular weight is 370 g/mol. The molecule has 1 aromatic heterocycles. The molecule has 0 aliphatic rings. The minimum absolute atomic E-state index is 0. The zero-order chi connectivity index (χ0) is 14.9. The van der Waals surface area contributed by atoms with Crippen LogP contribution >= 0.6 is 11.3 Å². The zero-order valence-corrected chi connectivity index (χ0v) is 16.1. The predicted octanol–water partition coefficient (Wildman–Crippen LogP) is 4.73. The first kappa shape index (κ1) is 15.8. The van der Waals surface area contributed by atoms with Gasteiger partial charge in [0.2, 0.25) is 0 Å².